The Kier molecular flexibility index (Phi) is 5.51. The third-order valence-corrected chi connectivity index (χ3v) is 6.77. The molecule has 0 radical (unpaired) electrons. The molecule has 0 atom stereocenters. The lowest BCUT2D eigenvalue weighted by atomic mass is 9.79. The summed E-state index contributed by atoms with van der Waals surface area (Å²) in [7, 11) is 0. The smallest absolute Gasteiger partial charge is 0.276 e. The van der Waals surface area contributed by atoms with Gasteiger partial charge in [-0.15, -0.1) is 0 Å². The molecule has 1 aliphatic rings. The van der Waals surface area contributed by atoms with Crippen molar-refractivity contribution in [3.05, 3.63) is 64.4 Å². The fourth-order valence-corrected chi connectivity index (χ4v) is 4.36. The van der Waals surface area contributed by atoms with Crippen LogP contribution in [0.2, 0.25) is 0 Å². The van der Waals surface area contributed by atoms with Crippen LogP contribution in [0.4, 0.5) is 0 Å². The zero-order chi connectivity index (χ0) is 23.9. The van der Waals surface area contributed by atoms with E-state index in [1.165, 1.54) is 0 Å². The van der Waals surface area contributed by atoms with E-state index >= 15 is 0 Å². The Labute approximate surface area is 196 Å². The van der Waals surface area contributed by atoms with E-state index in [1.807, 2.05) is 37.8 Å². The lowest BCUT2D eigenvalue weighted by Gasteiger charge is -2.37. The minimum Gasteiger partial charge on any atom is -0.361 e. The van der Waals surface area contributed by atoms with Crippen LogP contribution in [0, 0.1) is 20.8 Å². The van der Waals surface area contributed by atoms with Gasteiger partial charge in [0.25, 0.3) is 11.8 Å². The zero-order valence-corrected chi connectivity index (χ0v) is 19.7. The molecule has 5 heterocycles. The SMILES string of the molecule is Cc1noc(C)c1Cc1c(C(=O)N2CCC(C)(c3noc(-c4ccncc4)n3)CC2)noc1C. The molecule has 0 aliphatic carbocycles. The summed E-state index contributed by atoms with van der Waals surface area (Å²) in [4.78, 5) is 23.8. The van der Waals surface area contributed by atoms with Gasteiger partial charge in [-0.2, -0.15) is 4.98 Å². The van der Waals surface area contributed by atoms with Crippen molar-refractivity contribution in [3.63, 3.8) is 0 Å². The predicted molar refractivity (Wildman–Crippen MR) is 120 cm³/mol. The molecule has 176 valence electrons. The molecule has 0 aromatic carbocycles. The first-order valence-corrected chi connectivity index (χ1v) is 11.3. The Morgan fingerprint density at radius 3 is 2.32 bits per heavy atom. The number of carbonyl (C=O) groups is 1. The molecule has 5 rings (SSSR count). The molecule has 4 aromatic rings. The zero-order valence-electron chi connectivity index (χ0n) is 19.7. The number of amides is 1. The standard InChI is InChI=1S/C24H26N6O4/c1-14-18(15(2)32-27-14)13-19-16(3)33-28-20(19)22(31)30-11-7-24(4,8-12-30)23-26-21(34-29-23)17-5-9-25-10-6-17/h5-6,9-10H,7-8,11-13H2,1-4H3. The fourth-order valence-electron chi connectivity index (χ4n) is 4.36. The number of aryl methyl sites for hydroxylation is 3. The van der Waals surface area contributed by atoms with E-state index < -0.39 is 0 Å². The number of likely N-dealkylation sites (tertiary alicyclic amines) is 1. The highest BCUT2D eigenvalue weighted by Crippen LogP contribution is 2.35. The second-order valence-electron chi connectivity index (χ2n) is 9.06. The van der Waals surface area contributed by atoms with Gasteiger partial charge in [0.05, 0.1) is 5.69 Å². The van der Waals surface area contributed by atoms with Crippen LogP contribution in [0.25, 0.3) is 11.5 Å². The Hall–Kier alpha value is -3.82. The Bertz CT molecular complexity index is 1290. The average Bonchev–Trinajstić information content (AvgIpc) is 3.56. The lowest BCUT2D eigenvalue weighted by Crippen LogP contribution is -2.44. The van der Waals surface area contributed by atoms with E-state index in [1.54, 1.807) is 12.4 Å². The molecular weight excluding hydrogens is 436 g/mol. The second kappa shape index (κ2) is 8.51. The van der Waals surface area contributed by atoms with Crippen LogP contribution >= 0.6 is 0 Å². The summed E-state index contributed by atoms with van der Waals surface area (Å²) in [6.45, 7) is 8.81. The van der Waals surface area contributed by atoms with Crippen molar-refractivity contribution in [2.45, 2.75) is 52.4 Å². The van der Waals surface area contributed by atoms with Gasteiger partial charge in [-0.25, -0.2) is 0 Å². The molecule has 34 heavy (non-hydrogen) atoms. The Morgan fingerprint density at radius 2 is 1.65 bits per heavy atom. The molecule has 1 amide bonds. The minimum absolute atomic E-state index is 0.133. The molecule has 10 heteroatoms. The molecule has 0 unspecified atom stereocenters. The number of aromatic nitrogens is 5. The maximum absolute atomic E-state index is 13.4. The molecule has 1 saturated heterocycles. The number of hydrogen-bond donors (Lipinski definition) is 0. The molecular formula is C24H26N6O4. The predicted octanol–water partition coefficient (Wildman–Crippen LogP) is 3.82. The summed E-state index contributed by atoms with van der Waals surface area (Å²) >= 11 is 0. The van der Waals surface area contributed by atoms with Gasteiger partial charge in [0.1, 0.15) is 11.5 Å². The number of carbonyl (C=O) groups excluding carboxylic acids is 1. The van der Waals surface area contributed by atoms with Crippen molar-refractivity contribution in [2.24, 2.45) is 0 Å². The van der Waals surface area contributed by atoms with Crippen molar-refractivity contribution in [3.8, 4) is 11.5 Å². The average molecular weight is 463 g/mol. The molecule has 1 fully saturated rings. The van der Waals surface area contributed by atoms with Crippen LogP contribution in [0.15, 0.2) is 38.1 Å². The molecule has 0 bridgehead atoms. The number of nitrogens with zero attached hydrogens (tertiary/aromatic N) is 6. The van der Waals surface area contributed by atoms with Crippen LogP contribution in [0.5, 0.6) is 0 Å². The first-order valence-electron chi connectivity index (χ1n) is 11.3. The number of hydrogen-bond acceptors (Lipinski definition) is 9. The molecule has 10 nitrogen and oxygen atoms in total. The van der Waals surface area contributed by atoms with E-state index in [-0.39, 0.29) is 11.3 Å². The van der Waals surface area contributed by atoms with Crippen molar-refractivity contribution in [1.29, 1.82) is 0 Å². The van der Waals surface area contributed by atoms with Gasteiger partial charge >= 0.3 is 0 Å². The quantitative estimate of drug-likeness (QED) is 0.435. The van der Waals surface area contributed by atoms with E-state index in [4.69, 9.17) is 13.6 Å². The molecule has 1 aliphatic heterocycles. The van der Waals surface area contributed by atoms with E-state index in [9.17, 15) is 4.79 Å². The molecule has 0 spiro atoms. The number of piperidine rings is 1. The van der Waals surface area contributed by atoms with Crippen molar-refractivity contribution >= 4 is 5.91 Å². The van der Waals surface area contributed by atoms with E-state index in [2.05, 4.69) is 32.4 Å². The van der Waals surface area contributed by atoms with Gasteiger partial charge in [0, 0.05) is 54.0 Å². The summed E-state index contributed by atoms with van der Waals surface area (Å²) < 4.78 is 16.2. The first-order chi connectivity index (χ1) is 16.4. The van der Waals surface area contributed by atoms with Gasteiger partial charge in [-0.1, -0.05) is 22.4 Å². The molecule has 0 saturated carbocycles. The maximum Gasteiger partial charge on any atom is 0.276 e. The number of pyridine rings is 1. The van der Waals surface area contributed by atoms with Gasteiger partial charge in [-0.3, -0.25) is 9.78 Å². The van der Waals surface area contributed by atoms with Crippen LogP contribution in [-0.4, -0.2) is 49.3 Å². The fraction of sp³-hybridized carbons (Fsp3) is 0.417. The topological polar surface area (TPSA) is 124 Å². The molecule has 0 N–H and O–H groups in total. The lowest BCUT2D eigenvalue weighted by molar-refractivity contribution is 0.0658. The largest absolute Gasteiger partial charge is 0.361 e. The number of rotatable bonds is 5. The van der Waals surface area contributed by atoms with Crippen LogP contribution in [0.3, 0.4) is 0 Å². The van der Waals surface area contributed by atoms with Crippen LogP contribution in [-0.2, 0) is 11.8 Å². The van der Waals surface area contributed by atoms with Crippen molar-refractivity contribution < 1.29 is 18.4 Å². The van der Waals surface area contributed by atoms with Crippen molar-refractivity contribution in [1.82, 2.24) is 30.3 Å². The summed E-state index contributed by atoms with van der Waals surface area (Å²) in [5.74, 6) is 2.35. The summed E-state index contributed by atoms with van der Waals surface area (Å²) in [5.41, 5.74) is 3.42. The normalized spacial score (nSPS) is 15.6. The molecule has 4 aromatic heterocycles. The minimum atomic E-state index is -0.287. The van der Waals surface area contributed by atoms with Gasteiger partial charge in [-0.05, 0) is 45.7 Å². The third-order valence-electron chi connectivity index (χ3n) is 6.77. The summed E-state index contributed by atoms with van der Waals surface area (Å²) in [6.07, 6.45) is 5.30. The van der Waals surface area contributed by atoms with E-state index in [0.29, 0.717) is 55.5 Å². The second-order valence-corrected chi connectivity index (χ2v) is 9.06. The van der Waals surface area contributed by atoms with E-state index in [0.717, 1.165) is 28.1 Å². The maximum atomic E-state index is 13.4. The Morgan fingerprint density at radius 1 is 0.971 bits per heavy atom. The van der Waals surface area contributed by atoms with Gasteiger partial charge < -0.3 is 18.5 Å². The monoisotopic (exact) mass is 462 g/mol. The Balaban J connectivity index is 1.30. The summed E-state index contributed by atoms with van der Waals surface area (Å²) in [5, 5.41) is 12.4. The van der Waals surface area contributed by atoms with Gasteiger partial charge in [0.15, 0.2) is 11.5 Å². The highest BCUT2D eigenvalue weighted by atomic mass is 16.5. The van der Waals surface area contributed by atoms with Crippen LogP contribution < -0.4 is 0 Å². The highest BCUT2D eigenvalue weighted by molar-refractivity contribution is 5.94. The van der Waals surface area contributed by atoms with Crippen LogP contribution in [0.1, 0.15) is 64.4 Å². The van der Waals surface area contributed by atoms with Crippen molar-refractivity contribution in [2.75, 3.05) is 13.1 Å². The highest BCUT2D eigenvalue weighted by Gasteiger charge is 2.38. The van der Waals surface area contributed by atoms with Gasteiger partial charge in [0.2, 0.25) is 0 Å². The first kappa shape index (κ1) is 22.0. The summed E-state index contributed by atoms with van der Waals surface area (Å²) in [6, 6.07) is 3.67. The third kappa shape index (κ3) is 3.89.